The van der Waals surface area contributed by atoms with E-state index in [1.54, 1.807) is 22.3 Å². The van der Waals surface area contributed by atoms with Crippen molar-refractivity contribution >= 4 is 44.8 Å². The molecule has 0 aliphatic carbocycles. The highest BCUT2D eigenvalue weighted by molar-refractivity contribution is 7.91. The van der Waals surface area contributed by atoms with Crippen molar-refractivity contribution in [2.24, 2.45) is 0 Å². The zero-order chi connectivity index (χ0) is 18.7. The van der Waals surface area contributed by atoms with E-state index in [1.165, 1.54) is 6.08 Å². The lowest BCUT2D eigenvalue weighted by Crippen LogP contribution is -2.39. The van der Waals surface area contributed by atoms with E-state index in [1.807, 2.05) is 43.3 Å². The molecule has 4 nitrogen and oxygen atoms in total. The Morgan fingerprint density at radius 1 is 1.31 bits per heavy atom. The zero-order valence-corrected chi connectivity index (χ0v) is 16.8. The molecular formula is C19H20ClNO3S2. The van der Waals surface area contributed by atoms with Crippen LogP contribution in [0.5, 0.6) is 0 Å². The molecule has 1 fully saturated rings. The Morgan fingerprint density at radius 3 is 2.73 bits per heavy atom. The van der Waals surface area contributed by atoms with Crippen LogP contribution in [0.1, 0.15) is 18.2 Å². The molecular weight excluding hydrogens is 390 g/mol. The van der Waals surface area contributed by atoms with Crippen LogP contribution < -0.4 is 0 Å². The van der Waals surface area contributed by atoms with Crippen LogP contribution in [0.4, 0.5) is 0 Å². The fraction of sp³-hybridized carbons (Fsp3) is 0.316. The van der Waals surface area contributed by atoms with Gasteiger partial charge < -0.3 is 4.90 Å². The molecule has 1 unspecified atom stereocenters. The molecule has 1 amide bonds. The first-order valence-electron chi connectivity index (χ1n) is 8.43. The third kappa shape index (κ3) is 4.37. The van der Waals surface area contributed by atoms with Crippen LogP contribution in [-0.2, 0) is 14.6 Å². The maximum atomic E-state index is 12.5. The molecule has 2 aromatic rings. The van der Waals surface area contributed by atoms with E-state index in [2.05, 4.69) is 0 Å². The standard InChI is InChI=1S/C19H20ClNO3S2/c1-2-21(14-11-12-26(23,24)13-14)19(22)10-8-15-7-9-18(25-15)16-5-3-4-6-17(16)20/h3-10,14H,2,11-13H2,1H3/b10-8+. The van der Waals surface area contributed by atoms with Crippen molar-refractivity contribution in [3.05, 3.63) is 52.4 Å². The van der Waals surface area contributed by atoms with Crippen molar-refractivity contribution in [1.29, 1.82) is 0 Å². The van der Waals surface area contributed by atoms with E-state index >= 15 is 0 Å². The minimum atomic E-state index is -3.01. The van der Waals surface area contributed by atoms with Crippen LogP contribution in [0.25, 0.3) is 16.5 Å². The number of thiophene rings is 1. The lowest BCUT2D eigenvalue weighted by Gasteiger charge is -2.25. The summed E-state index contributed by atoms with van der Waals surface area (Å²) in [6.07, 6.45) is 3.82. The van der Waals surface area contributed by atoms with Crippen molar-refractivity contribution < 1.29 is 13.2 Å². The van der Waals surface area contributed by atoms with Crippen molar-refractivity contribution in [2.75, 3.05) is 18.1 Å². The molecule has 0 saturated carbocycles. The van der Waals surface area contributed by atoms with Crippen LogP contribution in [0.15, 0.2) is 42.5 Å². The maximum Gasteiger partial charge on any atom is 0.246 e. The van der Waals surface area contributed by atoms with E-state index < -0.39 is 9.84 Å². The Hall–Kier alpha value is -1.63. The minimum Gasteiger partial charge on any atom is -0.335 e. The van der Waals surface area contributed by atoms with Crippen molar-refractivity contribution in [2.45, 2.75) is 19.4 Å². The second kappa shape index (κ2) is 7.94. The SMILES string of the molecule is CCN(C(=O)/C=C/c1ccc(-c2ccccc2Cl)s1)C1CCS(=O)(=O)C1. The van der Waals surface area contributed by atoms with Crippen LogP contribution in [0.3, 0.4) is 0 Å². The lowest BCUT2D eigenvalue weighted by molar-refractivity contribution is -0.127. The third-order valence-electron chi connectivity index (χ3n) is 4.43. The number of benzene rings is 1. The minimum absolute atomic E-state index is 0.0656. The molecule has 1 aromatic carbocycles. The quantitative estimate of drug-likeness (QED) is 0.698. The highest BCUT2D eigenvalue weighted by Crippen LogP contribution is 2.33. The largest absolute Gasteiger partial charge is 0.335 e. The Balaban J connectivity index is 1.71. The van der Waals surface area contributed by atoms with Crippen molar-refractivity contribution in [3.8, 4) is 10.4 Å². The van der Waals surface area contributed by atoms with Crippen LogP contribution in [-0.4, -0.2) is 43.3 Å². The summed E-state index contributed by atoms with van der Waals surface area (Å²) in [5, 5.41) is 0.695. The van der Waals surface area contributed by atoms with Gasteiger partial charge in [-0.15, -0.1) is 11.3 Å². The summed E-state index contributed by atoms with van der Waals surface area (Å²) < 4.78 is 23.3. The molecule has 3 rings (SSSR count). The third-order valence-corrected chi connectivity index (χ3v) is 7.59. The number of carbonyl (C=O) groups is 1. The summed E-state index contributed by atoms with van der Waals surface area (Å²) in [6.45, 7) is 2.37. The van der Waals surface area contributed by atoms with Gasteiger partial charge in [-0.1, -0.05) is 29.8 Å². The molecule has 0 radical (unpaired) electrons. The number of hydrogen-bond acceptors (Lipinski definition) is 4. The molecule has 138 valence electrons. The number of hydrogen-bond donors (Lipinski definition) is 0. The molecule has 2 heterocycles. The van der Waals surface area contributed by atoms with E-state index in [-0.39, 0.29) is 23.5 Å². The molecule has 1 atom stereocenters. The molecule has 26 heavy (non-hydrogen) atoms. The summed E-state index contributed by atoms with van der Waals surface area (Å²) in [7, 11) is -3.01. The van der Waals surface area contributed by atoms with Crippen LogP contribution in [0.2, 0.25) is 5.02 Å². The van der Waals surface area contributed by atoms with Gasteiger partial charge in [0.1, 0.15) is 0 Å². The van der Waals surface area contributed by atoms with Crippen molar-refractivity contribution in [1.82, 2.24) is 4.90 Å². The molecule has 1 aliphatic rings. The number of carbonyl (C=O) groups excluding carboxylic acids is 1. The van der Waals surface area contributed by atoms with E-state index in [9.17, 15) is 13.2 Å². The Morgan fingerprint density at radius 2 is 2.08 bits per heavy atom. The second-order valence-electron chi connectivity index (χ2n) is 6.20. The van der Waals surface area contributed by atoms with Gasteiger partial charge in [-0.3, -0.25) is 4.79 Å². The first kappa shape index (κ1) is 19.1. The van der Waals surface area contributed by atoms with Gasteiger partial charge in [0, 0.05) is 39.0 Å². The summed E-state index contributed by atoms with van der Waals surface area (Å²) >= 11 is 7.79. The Bertz CT molecular complexity index is 934. The van der Waals surface area contributed by atoms with Gasteiger partial charge in [-0.05, 0) is 37.6 Å². The second-order valence-corrected chi connectivity index (χ2v) is 9.95. The van der Waals surface area contributed by atoms with Gasteiger partial charge in [0.25, 0.3) is 0 Å². The topological polar surface area (TPSA) is 54.5 Å². The van der Waals surface area contributed by atoms with Crippen LogP contribution >= 0.6 is 22.9 Å². The number of rotatable bonds is 5. The predicted molar refractivity (Wildman–Crippen MR) is 108 cm³/mol. The molecule has 0 spiro atoms. The number of sulfone groups is 1. The van der Waals surface area contributed by atoms with Crippen LogP contribution in [0, 0.1) is 0 Å². The smallest absolute Gasteiger partial charge is 0.246 e. The Kier molecular flexibility index (Phi) is 5.85. The van der Waals surface area contributed by atoms with E-state index in [0.29, 0.717) is 18.0 Å². The van der Waals surface area contributed by atoms with E-state index in [0.717, 1.165) is 15.3 Å². The van der Waals surface area contributed by atoms with Gasteiger partial charge in [0.15, 0.2) is 9.84 Å². The molecule has 0 N–H and O–H groups in total. The van der Waals surface area contributed by atoms with Gasteiger partial charge in [0.05, 0.1) is 11.5 Å². The fourth-order valence-electron chi connectivity index (χ4n) is 3.11. The monoisotopic (exact) mass is 409 g/mol. The summed E-state index contributed by atoms with van der Waals surface area (Å²) in [5.41, 5.74) is 0.969. The molecule has 7 heteroatoms. The summed E-state index contributed by atoms with van der Waals surface area (Å²) in [4.78, 5) is 16.1. The lowest BCUT2D eigenvalue weighted by atomic mass is 10.2. The number of amides is 1. The van der Waals surface area contributed by atoms with Gasteiger partial charge >= 0.3 is 0 Å². The molecule has 0 bridgehead atoms. The number of likely N-dealkylation sites (N-methyl/N-ethyl adjacent to an activating group) is 1. The predicted octanol–water partition coefficient (Wildman–Crippen LogP) is 4.12. The maximum absolute atomic E-state index is 12.5. The van der Waals surface area contributed by atoms with E-state index in [4.69, 9.17) is 11.6 Å². The highest BCUT2D eigenvalue weighted by Gasteiger charge is 2.33. The van der Waals surface area contributed by atoms with Crippen molar-refractivity contribution in [3.63, 3.8) is 0 Å². The van der Waals surface area contributed by atoms with Gasteiger partial charge in [-0.25, -0.2) is 8.42 Å². The average Bonchev–Trinajstić information content (AvgIpc) is 3.21. The first-order chi connectivity index (χ1) is 12.4. The number of nitrogens with zero attached hydrogens (tertiary/aromatic N) is 1. The summed E-state index contributed by atoms with van der Waals surface area (Å²) in [6, 6.07) is 11.4. The summed E-state index contributed by atoms with van der Waals surface area (Å²) in [5.74, 6) is 0.0789. The number of halogens is 1. The van der Waals surface area contributed by atoms with Gasteiger partial charge in [0.2, 0.25) is 5.91 Å². The zero-order valence-electron chi connectivity index (χ0n) is 14.4. The molecule has 1 aliphatic heterocycles. The molecule has 1 aromatic heterocycles. The highest BCUT2D eigenvalue weighted by atomic mass is 35.5. The fourth-order valence-corrected chi connectivity index (χ4v) is 6.09. The first-order valence-corrected chi connectivity index (χ1v) is 11.4. The normalized spacial score (nSPS) is 19.1. The van der Waals surface area contributed by atoms with Gasteiger partial charge in [-0.2, -0.15) is 0 Å². The Labute approximate surface area is 163 Å². The average molecular weight is 410 g/mol. The molecule has 1 saturated heterocycles.